The number of hydrogen-bond donors (Lipinski definition) is 0. The van der Waals surface area contributed by atoms with Gasteiger partial charge >= 0.3 is 0 Å². The van der Waals surface area contributed by atoms with Crippen molar-refractivity contribution in [1.82, 2.24) is 4.98 Å². The first-order valence-corrected chi connectivity index (χ1v) is 5.00. The highest BCUT2D eigenvalue weighted by Crippen LogP contribution is 2.23. The fraction of sp³-hybridized carbons (Fsp3) is 0.545. The van der Waals surface area contributed by atoms with Crippen molar-refractivity contribution >= 4 is 0 Å². The summed E-state index contributed by atoms with van der Waals surface area (Å²) in [5.41, 5.74) is 1.26. The van der Waals surface area contributed by atoms with Gasteiger partial charge < -0.3 is 4.74 Å². The molecule has 0 amide bonds. The van der Waals surface area contributed by atoms with Gasteiger partial charge in [0.2, 0.25) is 5.88 Å². The summed E-state index contributed by atoms with van der Waals surface area (Å²) in [5, 5.41) is 0. The van der Waals surface area contributed by atoms with E-state index in [9.17, 15) is 0 Å². The maximum atomic E-state index is 5.64. The SMILES string of the molecule is CCc1ccc(OC2CCC2)nc1. The van der Waals surface area contributed by atoms with Gasteiger partial charge in [0.1, 0.15) is 6.10 Å². The van der Waals surface area contributed by atoms with E-state index in [0.29, 0.717) is 6.10 Å². The van der Waals surface area contributed by atoms with E-state index in [2.05, 4.69) is 18.0 Å². The van der Waals surface area contributed by atoms with Crippen LogP contribution >= 0.6 is 0 Å². The van der Waals surface area contributed by atoms with Gasteiger partial charge in [-0.25, -0.2) is 4.98 Å². The number of hydrogen-bond acceptors (Lipinski definition) is 2. The van der Waals surface area contributed by atoms with E-state index in [1.165, 1.54) is 24.8 Å². The van der Waals surface area contributed by atoms with Gasteiger partial charge in [0.05, 0.1) is 0 Å². The third-order valence-electron chi connectivity index (χ3n) is 2.55. The van der Waals surface area contributed by atoms with E-state index in [-0.39, 0.29) is 0 Å². The number of ether oxygens (including phenoxy) is 1. The number of pyridine rings is 1. The summed E-state index contributed by atoms with van der Waals surface area (Å²) in [4.78, 5) is 4.25. The lowest BCUT2D eigenvalue weighted by Crippen LogP contribution is -2.24. The number of aromatic nitrogens is 1. The Hall–Kier alpha value is -1.05. The molecule has 0 atom stereocenters. The van der Waals surface area contributed by atoms with Crippen LogP contribution in [0.5, 0.6) is 5.88 Å². The van der Waals surface area contributed by atoms with Gasteiger partial charge in [-0.1, -0.05) is 13.0 Å². The molecule has 0 bridgehead atoms. The van der Waals surface area contributed by atoms with Gasteiger partial charge in [0.15, 0.2) is 0 Å². The molecule has 1 aliphatic carbocycles. The quantitative estimate of drug-likeness (QED) is 0.708. The van der Waals surface area contributed by atoms with Crippen LogP contribution in [-0.2, 0) is 6.42 Å². The maximum Gasteiger partial charge on any atom is 0.213 e. The van der Waals surface area contributed by atoms with Crippen molar-refractivity contribution in [2.45, 2.75) is 38.7 Å². The van der Waals surface area contributed by atoms with E-state index < -0.39 is 0 Å². The lowest BCUT2D eigenvalue weighted by atomic mass is 9.96. The van der Waals surface area contributed by atoms with Crippen LogP contribution in [0.2, 0.25) is 0 Å². The lowest BCUT2D eigenvalue weighted by molar-refractivity contribution is 0.114. The second-order valence-electron chi connectivity index (χ2n) is 3.53. The van der Waals surface area contributed by atoms with Crippen LogP contribution in [0, 0.1) is 0 Å². The van der Waals surface area contributed by atoms with Crippen molar-refractivity contribution < 1.29 is 4.74 Å². The molecule has 0 unspecified atom stereocenters. The van der Waals surface area contributed by atoms with Crippen molar-refractivity contribution in [3.63, 3.8) is 0 Å². The summed E-state index contributed by atoms with van der Waals surface area (Å²) < 4.78 is 5.64. The zero-order valence-electron chi connectivity index (χ0n) is 7.99. The first kappa shape index (κ1) is 8.54. The summed E-state index contributed by atoms with van der Waals surface area (Å²) in [5.74, 6) is 0.780. The maximum absolute atomic E-state index is 5.64. The lowest BCUT2D eigenvalue weighted by Gasteiger charge is -2.25. The van der Waals surface area contributed by atoms with Crippen molar-refractivity contribution in [2.24, 2.45) is 0 Å². The van der Waals surface area contributed by atoms with E-state index >= 15 is 0 Å². The molecule has 1 aliphatic rings. The van der Waals surface area contributed by atoms with Gasteiger partial charge in [0, 0.05) is 12.3 Å². The molecule has 0 saturated heterocycles. The first-order valence-electron chi connectivity index (χ1n) is 5.00. The largest absolute Gasteiger partial charge is 0.474 e. The molecule has 13 heavy (non-hydrogen) atoms. The average molecular weight is 177 g/mol. The molecule has 1 fully saturated rings. The van der Waals surface area contributed by atoms with Crippen molar-refractivity contribution in [3.8, 4) is 5.88 Å². The second kappa shape index (κ2) is 3.77. The number of nitrogens with zero attached hydrogens (tertiary/aromatic N) is 1. The fourth-order valence-electron chi connectivity index (χ4n) is 1.35. The summed E-state index contributed by atoms with van der Waals surface area (Å²) in [6, 6.07) is 4.05. The van der Waals surface area contributed by atoms with Gasteiger partial charge in [0.25, 0.3) is 0 Å². The molecule has 0 N–H and O–H groups in total. The van der Waals surface area contributed by atoms with E-state index in [4.69, 9.17) is 4.74 Å². The minimum absolute atomic E-state index is 0.431. The number of rotatable bonds is 3. The molecular formula is C11H15NO. The highest BCUT2D eigenvalue weighted by atomic mass is 16.5. The molecule has 0 aromatic carbocycles. The van der Waals surface area contributed by atoms with E-state index in [1.54, 1.807) is 0 Å². The minimum Gasteiger partial charge on any atom is -0.474 e. The van der Waals surface area contributed by atoms with Gasteiger partial charge in [-0.2, -0.15) is 0 Å². The summed E-state index contributed by atoms with van der Waals surface area (Å²) in [7, 11) is 0. The fourth-order valence-corrected chi connectivity index (χ4v) is 1.35. The molecule has 1 aromatic heterocycles. The third-order valence-corrected chi connectivity index (χ3v) is 2.55. The molecule has 70 valence electrons. The van der Waals surface area contributed by atoms with Crippen LogP contribution in [0.3, 0.4) is 0 Å². The Labute approximate surface area is 78.9 Å². The highest BCUT2D eigenvalue weighted by Gasteiger charge is 2.19. The molecular weight excluding hydrogens is 162 g/mol. The Kier molecular flexibility index (Phi) is 2.48. The molecule has 1 aromatic rings. The normalized spacial score (nSPS) is 16.7. The monoisotopic (exact) mass is 177 g/mol. The number of aryl methyl sites for hydroxylation is 1. The Bertz CT molecular complexity index is 264. The molecule has 0 aliphatic heterocycles. The Morgan fingerprint density at radius 1 is 1.46 bits per heavy atom. The van der Waals surface area contributed by atoms with Crippen LogP contribution in [0.4, 0.5) is 0 Å². The van der Waals surface area contributed by atoms with Gasteiger partial charge in [-0.15, -0.1) is 0 Å². The Balaban J connectivity index is 1.96. The smallest absolute Gasteiger partial charge is 0.213 e. The predicted molar refractivity (Wildman–Crippen MR) is 51.9 cm³/mol. The van der Waals surface area contributed by atoms with Crippen LogP contribution < -0.4 is 4.74 Å². The van der Waals surface area contributed by atoms with E-state index in [0.717, 1.165) is 12.3 Å². The summed E-state index contributed by atoms with van der Waals surface area (Å²) in [6.45, 7) is 2.13. The standard InChI is InChI=1S/C11H15NO/c1-2-9-6-7-11(12-8-9)13-10-4-3-5-10/h6-8,10H,2-5H2,1H3. The molecule has 2 rings (SSSR count). The molecule has 1 heterocycles. The molecule has 1 saturated carbocycles. The van der Waals surface area contributed by atoms with Crippen LogP contribution in [0.25, 0.3) is 0 Å². The average Bonchev–Trinajstić information content (AvgIpc) is 2.12. The molecule has 2 nitrogen and oxygen atoms in total. The zero-order chi connectivity index (χ0) is 9.10. The summed E-state index contributed by atoms with van der Waals surface area (Å²) >= 11 is 0. The minimum atomic E-state index is 0.431. The Morgan fingerprint density at radius 3 is 2.77 bits per heavy atom. The van der Waals surface area contributed by atoms with Crippen molar-refractivity contribution in [2.75, 3.05) is 0 Å². The summed E-state index contributed by atoms with van der Waals surface area (Å²) in [6.07, 6.45) is 7.05. The zero-order valence-corrected chi connectivity index (χ0v) is 7.99. The predicted octanol–water partition coefficient (Wildman–Crippen LogP) is 2.58. The topological polar surface area (TPSA) is 22.1 Å². The molecule has 2 heteroatoms. The van der Waals surface area contributed by atoms with Gasteiger partial charge in [-0.05, 0) is 31.2 Å². The van der Waals surface area contributed by atoms with Crippen LogP contribution in [0.1, 0.15) is 31.7 Å². The third kappa shape index (κ3) is 2.00. The van der Waals surface area contributed by atoms with Gasteiger partial charge in [-0.3, -0.25) is 0 Å². The van der Waals surface area contributed by atoms with Crippen LogP contribution in [-0.4, -0.2) is 11.1 Å². The first-order chi connectivity index (χ1) is 6.38. The van der Waals surface area contributed by atoms with E-state index in [1.807, 2.05) is 12.3 Å². The second-order valence-corrected chi connectivity index (χ2v) is 3.53. The van der Waals surface area contributed by atoms with Crippen LogP contribution in [0.15, 0.2) is 18.3 Å². The molecule has 0 spiro atoms. The molecule has 0 radical (unpaired) electrons. The highest BCUT2D eigenvalue weighted by molar-refractivity contribution is 5.17. The Morgan fingerprint density at radius 2 is 2.31 bits per heavy atom. The van der Waals surface area contributed by atoms with Crippen molar-refractivity contribution in [1.29, 1.82) is 0 Å². The van der Waals surface area contributed by atoms with Crippen molar-refractivity contribution in [3.05, 3.63) is 23.9 Å².